The second-order valence-electron chi connectivity index (χ2n) is 5.10. The first-order valence-electron chi connectivity index (χ1n) is 7.24. The van der Waals surface area contributed by atoms with E-state index in [0.717, 1.165) is 17.2 Å². The van der Waals surface area contributed by atoms with Crippen LogP contribution >= 0.6 is 0 Å². The van der Waals surface area contributed by atoms with E-state index in [4.69, 9.17) is 0 Å². The average Bonchev–Trinajstić information content (AvgIpc) is 2.45. The van der Waals surface area contributed by atoms with Gasteiger partial charge in [0.2, 0.25) is 0 Å². The molecule has 109 valence electrons. The van der Waals surface area contributed by atoms with Crippen molar-refractivity contribution in [2.24, 2.45) is 4.99 Å². The van der Waals surface area contributed by atoms with Crippen LogP contribution in [0.5, 0.6) is 0 Å². The van der Waals surface area contributed by atoms with Crippen molar-refractivity contribution in [2.75, 3.05) is 5.32 Å². The number of aliphatic imine (C=N–C) groups is 1. The summed E-state index contributed by atoms with van der Waals surface area (Å²) in [5.41, 5.74) is 9.10. The molecule has 0 aliphatic heterocycles. The quantitative estimate of drug-likeness (QED) is 0.451. The van der Waals surface area contributed by atoms with Crippen LogP contribution in [0.25, 0.3) is 0 Å². The van der Waals surface area contributed by atoms with Gasteiger partial charge in [-0.3, -0.25) is 0 Å². The van der Waals surface area contributed by atoms with Gasteiger partial charge < -0.3 is 5.32 Å². The van der Waals surface area contributed by atoms with Gasteiger partial charge in [-0.2, -0.15) is 0 Å². The zero-order valence-corrected chi connectivity index (χ0v) is 16.1. The number of amidine groups is 1. The molecule has 1 N–H and O–H groups in total. The molecule has 2 nitrogen and oxygen atoms in total. The number of benzene rings is 2. The number of hydrogen-bond acceptors (Lipinski definition) is 1. The summed E-state index contributed by atoms with van der Waals surface area (Å²) in [4.78, 5) is 4.52. The molecule has 0 aliphatic carbocycles. The van der Waals surface area contributed by atoms with Crippen LogP contribution in [0, 0.1) is 13.8 Å². The second kappa shape index (κ2) is 9.48. The van der Waals surface area contributed by atoms with Crippen molar-refractivity contribution >= 4 is 34.6 Å². The Labute approximate surface area is 136 Å². The van der Waals surface area contributed by atoms with Crippen molar-refractivity contribution in [3.63, 3.8) is 0 Å². The van der Waals surface area contributed by atoms with Crippen LogP contribution in [-0.2, 0) is 0 Å². The van der Waals surface area contributed by atoms with Crippen molar-refractivity contribution in [1.29, 1.82) is 0 Å². The molecule has 0 saturated carbocycles. The molecule has 0 atom stereocenters. The maximum absolute atomic E-state index is 4.52. The van der Waals surface area contributed by atoms with Crippen LogP contribution in [0.2, 0.25) is 11.0 Å². The molecule has 2 rings (SSSR count). The summed E-state index contributed by atoms with van der Waals surface area (Å²) in [6, 6.07) is 16.5. The van der Waals surface area contributed by atoms with Gasteiger partial charge in [0.1, 0.15) is 5.84 Å². The molecular weight excluding hydrogens is 314 g/mol. The van der Waals surface area contributed by atoms with Crippen molar-refractivity contribution in [1.82, 2.24) is 0 Å². The molecule has 21 heavy (non-hydrogen) atoms. The Bertz CT molecular complexity index is 557. The number of nitrogens with one attached hydrogen (secondary N) is 1. The molecule has 0 spiro atoms. The minimum absolute atomic E-state index is 0.312. The van der Waals surface area contributed by atoms with E-state index in [1.165, 1.54) is 11.1 Å². The molecule has 0 unspecified atom stereocenters. The van der Waals surface area contributed by atoms with E-state index in [9.17, 15) is 0 Å². The number of rotatable bonds is 2. The van der Waals surface area contributed by atoms with Gasteiger partial charge in [-0.25, -0.2) is 4.99 Å². The second-order valence-corrected chi connectivity index (χ2v) is 7.52. The van der Waals surface area contributed by atoms with Crippen molar-refractivity contribution < 1.29 is 0 Å². The Balaban J connectivity index is 0.000000677. The zero-order valence-electron chi connectivity index (χ0n) is 13.6. The van der Waals surface area contributed by atoms with Gasteiger partial charge >= 0.3 is 28.4 Å². The monoisotopic (exact) mass is 337 g/mol. The molecule has 0 saturated heterocycles. The zero-order chi connectivity index (χ0) is 15.7. The van der Waals surface area contributed by atoms with Gasteiger partial charge in [-0.05, 0) is 45.0 Å². The van der Waals surface area contributed by atoms with E-state index >= 15 is 0 Å². The third kappa shape index (κ3) is 7.21. The van der Waals surface area contributed by atoms with Gasteiger partial charge in [0.15, 0.2) is 0 Å². The molecule has 0 aromatic heterocycles. The Morgan fingerprint density at radius 3 is 1.76 bits per heavy atom. The molecule has 2 aromatic carbocycles. The van der Waals surface area contributed by atoms with Crippen LogP contribution in [0.15, 0.2) is 53.5 Å². The van der Waals surface area contributed by atoms with E-state index in [0.29, 0.717) is 17.4 Å². The molecule has 1 radical (unpaired) electrons. The summed E-state index contributed by atoms with van der Waals surface area (Å²) in [6.45, 7) is 6.13. The van der Waals surface area contributed by atoms with Gasteiger partial charge in [-0.1, -0.05) is 35.4 Å². The third-order valence-electron chi connectivity index (χ3n) is 2.71. The fraction of sp³-hybridized carbons (Fsp3) is 0.278. The number of anilines is 1. The normalized spacial score (nSPS) is 10.4. The molecule has 0 aliphatic rings. The summed E-state index contributed by atoms with van der Waals surface area (Å²) >= 11 is 0.312. The van der Waals surface area contributed by atoms with Gasteiger partial charge in [-0.15, -0.1) is 0 Å². The number of nitrogens with zero attached hydrogens (tertiary/aromatic N) is 1. The molecule has 2 aromatic rings. The predicted octanol–water partition coefficient (Wildman–Crippen LogP) is 5.25. The van der Waals surface area contributed by atoms with E-state index in [-0.39, 0.29) is 0 Å². The first-order chi connectivity index (χ1) is 10.0. The standard InChI is InChI=1S/C16H18N2.2CH3.Ga/c1-12-4-8-15(9-5-12)17-14(3)18-16-10-6-13(2)7-11-16;;;/h4-11H,1-3H3,(H,17,18);2*1H3;. The average molecular weight is 338 g/mol. The van der Waals surface area contributed by atoms with Crippen molar-refractivity contribution in [3.8, 4) is 0 Å². The molecule has 0 fully saturated rings. The van der Waals surface area contributed by atoms with Crippen molar-refractivity contribution in [3.05, 3.63) is 59.7 Å². The number of hydrogen-bond donors (Lipinski definition) is 1. The van der Waals surface area contributed by atoms with Crippen LogP contribution in [0.1, 0.15) is 18.1 Å². The molecule has 0 bridgehead atoms. The summed E-state index contributed by atoms with van der Waals surface area (Å²) < 4.78 is 0. The Kier molecular flexibility index (Phi) is 7.94. The summed E-state index contributed by atoms with van der Waals surface area (Å²) in [7, 11) is 0. The van der Waals surface area contributed by atoms with Crippen LogP contribution in [-0.4, -0.2) is 23.2 Å². The molecule has 0 heterocycles. The van der Waals surface area contributed by atoms with E-state index in [1.54, 1.807) is 0 Å². The fourth-order valence-electron chi connectivity index (χ4n) is 1.69. The molecular formula is C18H24GaN2. The summed E-state index contributed by atoms with van der Waals surface area (Å²) in [5.74, 6) is 0.891. The fourth-order valence-corrected chi connectivity index (χ4v) is 1.69. The molecule has 0 amide bonds. The third-order valence-corrected chi connectivity index (χ3v) is 2.71. The van der Waals surface area contributed by atoms with Crippen molar-refractivity contribution in [2.45, 2.75) is 31.7 Å². The topological polar surface area (TPSA) is 24.4 Å². The Morgan fingerprint density at radius 2 is 1.29 bits per heavy atom. The van der Waals surface area contributed by atoms with Gasteiger partial charge in [0.25, 0.3) is 0 Å². The summed E-state index contributed by atoms with van der Waals surface area (Å²) in [6.07, 6.45) is 0. The first-order valence-corrected chi connectivity index (χ1v) is 12.1. The van der Waals surface area contributed by atoms with Crippen LogP contribution < -0.4 is 5.32 Å². The Hall–Kier alpha value is -1.45. The van der Waals surface area contributed by atoms with Crippen LogP contribution in [0.4, 0.5) is 11.4 Å². The first kappa shape index (κ1) is 17.6. The Morgan fingerprint density at radius 1 is 0.857 bits per heavy atom. The van der Waals surface area contributed by atoms with E-state index in [2.05, 4.69) is 71.5 Å². The van der Waals surface area contributed by atoms with E-state index < -0.39 is 0 Å². The van der Waals surface area contributed by atoms with Gasteiger partial charge in [0.05, 0.1) is 5.69 Å². The minimum atomic E-state index is 0.312. The maximum atomic E-state index is 4.52. The van der Waals surface area contributed by atoms with Crippen LogP contribution in [0.3, 0.4) is 0 Å². The summed E-state index contributed by atoms with van der Waals surface area (Å²) in [5, 5.41) is 3.28. The van der Waals surface area contributed by atoms with Gasteiger partial charge in [0, 0.05) is 5.69 Å². The predicted molar refractivity (Wildman–Crippen MR) is 96.2 cm³/mol. The molecule has 3 heteroatoms. The SMILES string of the molecule is CC(=Nc1ccc(C)cc1)Nc1ccc(C)cc1.[CH3][Ga][CH3]. The number of aryl methyl sites for hydroxylation is 2. The van der Waals surface area contributed by atoms with E-state index in [1.807, 2.05) is 19.1 Å².